The minimum Gasteiger partial charge on any atom is -0.463 e. The van der Waals surface area contributed by atoms with Crippen LogP contribution < -0.4 is 0 Å². The summed E-state index contributed by atoms with van der Waals surface area (Å²) in [5, 5.41) is 19.8. The second-order valence-electron chi connectivity index (χ2n) is 13.2. The summed E-state index contributed by atoms with van der Waals surface area (Å²) < 4.78 is 10.3. The summed E-state index contributed by atoms with van der Waals surface area (Å²) in [6, 6.07) is 0. The molecule has 0 amide bonds. The molecule has 0 aromatic rings. The number of aliphatic hydroxyl groups excluding tert-OH is 2. The minimum absolute atomic E-state index is 0.142. The van der Waals surface area contributed by atoms with E-state index in [2.05, 4.69) is 50.3 Å². The van der Waals surface area contributed by atoms with Gasteiger partial charge in [-0.25, -0.2) is 0 Å². The van der Waals surface area contributed by atoms with Crippen molar-refractivity contribution in [3.63, 3.8) is 0 Å². The van der Waals surface area contributed by atoms with Crippen molar-refractivity contribution < 1.29 is 29.3 Å². The van der Waals surface area contributed by atoms with E-state index in [0.29, 0.717) is 19.3 Å². The number of carbonyl (C=O) groups excluding carboxylic acids is 2. The summed E-state index contributed by atoms with van der Waals surface area (Å²) >= 11 is 0. The first-order valence-electron chi connectivity index (χ1n) is 19.8. The Balaban J connectivity index is 3.55. The molecular formula is C42H74O6. The molecule has 0 bridgehead atoms. The molecule has 0 spiro atoms. The molecule has 0 aromatic heterocycles. The highest BCUT2D eigenvalue weighted by Crippen LogP contribution is 2.14. The van der Waals surface area contributed by atoms with Gasteiger partial charge in [-0.3, -0.25) is 9.59 Å². The number of unbranched alkanes of at least 4 members (excludes halogenated alkanes) is 17. The van der Waals surface area contributed by atoms with Gasteiger partial charge in [-0.2, -0.15) is 0 Å². The summed E-state index contributed by atoms with van der Waals surface area (Å²) in [6.45, 7) is 4.10. The molecule has 0 radical (unpaired) electrons. The molecule has 0 saturated carbocycles. The zero-order valence-corrected chi connectivity index (χ0v) is 31.1. The van der Waals surface area contributed by atoms with Crippen molar-refractivity contribution >= 4 is 11.9 Å². The van der Waals surface area contributed by atoms with Gasteiger partial charge in [-0.15, -0.1) is 0 Å². The van der Waals surface area contributed by atoms with Crippen molar-refractivity contribution in [1.29, 1.82) is 0 Å². The Bertz CT molecular complexity index is 830. The number of esters is 2. The predicted molar refractivity (Wildman–Crippen MR) is 202 cm³/mol. The molecule has 6 nitrogen and oxygen atoms in total. The van der Waals surface area contributed by atoms with Crippen LogP contribution in [0, 0.1) is 0 Å². The van der Waals surface area contributed by atoms with E-state index in [4.69, 9.17) is 9.47 Å². The Hall–Kier alpha value is -2.18. The summed E-state index contributed by atoms with van der Waals surface area (Å²) in [5.41, 5.74) is 0. The van der Waals surface area contributed by atoms with E-state index < -0.39 is 6.10 Å². The van der Waals surface area contributed by atoms with Gasteiger partial charge < -0.3 is 19.7 Å². The fraction of sp³-hybridized carbons (Fsp3) is 0.762. The number of aliphatic hydroxyl groups is 2. The third-order valence-corrected chi connectivity index (χ3v) is 8.39. The number of ether oxygens (including phenoxy) is 2. The van der Waals surface area contributed by atoms with E-state index in [0.717, 1.165) is 64.2 Å². The lowest BCUT2D eigenvalue weighted by Crippen LogP contribution is -2.25. The molecule has 0 saturated heterocycles. The summed E-state index contributed by atoms with van der Waals surface area (Å²) in [6.07, 6.45) is 43.6. The minimum atomic E-state index is -0.995. The molecule has 2 atom stereocenters. The van der Waals surface area contributed by atoms with Crippen LogP contribution in [0.5, 0.6) is 0 Å². The molecule has 0 unspecified atom stereocenters. The van der Waals surface area contributed by atoms with Crippen molar-refractivity contribution in [2.24, 2.45) is 0 Å². The summed E-state index contributed by atoms with van der Waals surface area (Å²) in [4.78, 5) is 23.9. The first-order chi connectivity index (χ1) is 23.5. The van der Waals surface area contributed by atoms with Gasteiger partial charge in [0, 0.05) is 12.8 Å². The lowest BCUT2D eigenvalue weighted by molar-refractivity contribution is -0.152. The van der Waals surface area contributed by atoms with E-state index in [1.165, 1.54) is 83.5 Å². The number of carbonyl (C=O) groups is 2. The van der Waals surface area contributed by atoms with Crippen LogP contribution in [0.15, 0.2) is 48.6 Å². The van der Waals surface area contributed by atoms with Gasteiger partial charge in [0.15, 0.2) is 0 Å². The quantitative estimate of drug-likeness (QED) is 0.0395. The lowest BCUT2D eigenvalue weighted by atomic mass is 10.0. The molecule has 6 heteroatoms. The lowest BCUT2D eigenvalue weighted by Gasteiger charge is -2.12. The van der Waals surface area contributed by atoms with Gasteiger partial charge in [-0.05, 0) is 44.9 Å². The Morgan fingerprint density at radius 1 is 0.500 bits per heavy atom. The van der Waals surface area contributed by atoms with Crippen molar-refractivity contribution in [3.05, 3.63) is 48.6 Å². The van der Waals surface area contributed by atoms with Crippen LogP contribution in [0.2, 0.25) is 0 Å². The molecule has 0 aromatic carbocycles. The van der Waals surface area contributed by atoms with Crippen LogP contribution in [0.25, 0.3) is 0 Å². The molecule has 0 aliphatic rings. The number of rotatable bonds is 35. The average molecular weight is 675 g/mol. The molecule has 0 fully saturated rings. The average Bonchev–Trinajstić information content (AvgIpc) is 3.08. The summed E-state index contributed by atoms with van der Waals surface area (Å²) in [7, 11) is 0. The fourth-order valence-corrected chi connectivity index (χ4v) is 5.33. The van der Waals surface area contributed by atoms with Gasteiger partial charge in [0.25, 0.3) is 0 Å². The highest BCUT2D eigenvalue weighted by atomic mass is 16.6. The number of allylic oxidation sites excluding steroid dienone is 7. The zero-order valence-electron chi connectivity index (χ0n) is 31.1. The van der Waals surface area contributed by atoms with E-state index in [9.17, 15) is 19.8 Å². The van der Waals surface area contributed by atoms with Gasteiger partial charge >= 0.3 is 11.9 Å². The Labute approximate surface area is 295 Å². The van der Waals surface area contributed by atoms with Gasteiger partial charge in [0.05, 0.1) is 6.10 Å². The Kier molecular flexibility index (Phi) is 35.9. The Morgan fingerprint density at radius 3 is 1.38 bits per heavy atom. The predicted octanol–water partition coefficient (Wildman–Crippen LogP) is 11.2. The molecule has 2 N–H and O–H groups in total. The van der Waals surface area contributed by atoms with E-state index in [1.54, 1.807) is 0 Å². The standard InChI is InChI=1S/C42H74O6/c1-3-5-7-8-9-10-11-12-13-14-15-19-22-25-28-31-35-41(45)47-37-40(44)38-48-42(46)36-32-29-26-23-20-17-16-18-21-24-27-30-34-39(43)33-6-4-2/h16-17,21,23-24,26,30,34,39-40,43-44H,3-15,18-20,22,25,27-29,31-33,35-38H2,1-2H3/b17-16-,24-21-,26-23-,34-30-/t39-,40+/m0/s1. The molecular weight excluding hydrogens is 600 g/mol. The number of hydrogen-bond acceptors (Lipinski definition) is 6. The largest absolute Gasteiger partial charge is 0.463 e. The van der Waals surface area contributed by atoms with Crippen LogP contribution >= 0.6 is 0 Å². The summed E-state index contributed by atoms with van der Waals surface area (Å²) in [5.74, 6) is -0.648. The van der Waals surface area contributed by atoms with Gasteiger partial charge in [0.1, 0.15) is 19.3 Å². The van der Waals surface area contributed by atoms with Crippen molar-refractivity contribution in [3.8, 4) is 0 Å². The van der Waals surface area contributed by atoms with Crippen LogP contribution in [0.4, 0.5) is 0 Å². The zero-order chi connectivity index (χ0) is 35.2. The van der Waals surface area contributed by atoms with Crippen LogP contribution in [0.3, 0.4) is 0 Å². The topological polar surface area (TPSA) is 93.1 Å². The molecule has 0 heterocycles. The molecule has 48 heavy (non-hydrogen) atoms. The van der Waals surface area contributed by atoms with E-state index >= 15 is 0 Å². The van der Waals surface area contributed by atoms with Crippen LogP contribution in [-0.4, -0.2) is 47.6 Å². The first kappa shape index (κ1) is 45.8. The SMILES string of the molecule is CCCCCCCCCCCCCCCCCCC(=O)OC[C@@H](O)COC(=O)CCC/C=C\C/C=C\C/C=C\C/C=C\[C@@H](O)CCCC. The Morgan fingerprint density at radius 2 is 0.896 bits per heavy atom. The monoisotopic (exact) mass is 675 g/mol. The molecule has 278 valence electrons. The fourth-order valence-electron chi connectivity index (χ4n) is 5.33. The highest BCUT2D eigenvalue weighted by molar-refractivity contribution is 5.69. The van der Waals surface area contributed by atoms with Crippen LogP contribution in [-0.2, 0) is 19.1 Å². The van der Waals surface area contributed by atoms with E-state index in [1.807, 2.05) is 12.2 Å². The second-order valence-corrected chi connectivity index (χ2v) is 13.2. The third kappa shape index (κ3) is 36.7. The molecule has 0 aliphatic carbocycles. The maximum absolute atomic E-state index is 12.0. The van der Waals surface area contributed by atoms with Gasteiger partial charge in [-0.1, -0.05) is 172 Å². The molecule has 0 rings (SSSR count). The van der Waals surface area contributed by atoms with E-state index in [-0.39, 0.29) is 31.3 Å². The first-order valence-corrected chi connectivity index (χ1v) is 19.8. The van der Waals surface area contributed by atoms with Crippen molar-refractivity contribution in [1.82, 2.24) is 0 Å². The third-order valence-electron chi connectivity index (χ3n) is 8.39. The maximum atomic E-state index is 12.0. The van der Waals surface area contributed by atoms with Crippen LogP contribution in [0.1, 0.15) is 181 Å². The smallest absolute Gasteiger partial charge is 0.305 e. The van der Waals surface area contributed by atoms with Crippen molar-refractivity contribution in [2.75, 3.05) is 13.2 Å². The van der Waals surface area contributed by atoms with Gasteiger partial charge in [0.2, 0.25) is 0 Å². The number of hydrogen-bond donors (Lipinski definition) is 2. The molecule has 0 aliphatic heterocycles. The van der Waals surface area contributed by atoms with Crippen molar-refractivity contribution in [2.45, 2.75) is 193 Å². The highest BCUT2D eigenvalue weighted by Gasteiger charge is 2.12. The maximum Gasteiger partial charge on any atom is 0.305 e. The normalized spacial score (nSPS) is 13.3. The second kappa shape index (κ2) is 37.6.